The Morgan fingerprint density at radius 2 is 2.00 bits per heavy atom. The van der Waals surface area contributed by atoms with E-state index in [-0.39, 0.29) is 24.0 Å². The normalized spacial score (nSPS) is 11.2. The number of nitrogens with zero attached hydrogens (tertiary/aromatic N) is 5. The molecular weight excluding hydrogens is 507 g/mol. The lowest BCUT2D eigenvalue weighted by Gasteiger charge is -2.20. The second kappa shape index (κ2) is 10.8. The van der Waals surface area contributed by atoms with Crippen LogP contribution >= 0.6 is 24.0 Å². The molecule has 1 aromatic carbocycles. The molecule has 0 aliphatic rings. The van der Waals surface area contributed by atoms with Gasteiger partial charge in [0.15, 0.2) is 11.7 Å². The number of rotatable bonds is 7. The third-order valence-corrected chi connectivity index (χ3v) is 4.59. The van der Waals surface area contributed by atoms with Gasteiger partial charge in [-0.05, 0) is 17.7 Å². The molecule has 0 aliphatic heterocycles. The van der Waals surface area contributed by atoms with Crippen molar-refractivity contribution >= 4 is 29.9 Å². The van der Waals surface area contributed by atoms with Crippen molar-refractivity contribution in [1.29, 1.82) is 0 Å². The van der Waals surface area contributed by atoms with Crippen molar-refractivity contribution in [3.63, 3.8) is 0 Å². The Bertz CT molecular complexity index is 1090. The van der Waals surface area contributed by atoms with Gasteiger partial charge in [0.25, 0.3) is 0 Å². The summed E-state index contributed by atoms with van der Waals surface area (Å²) in [5, 5.41) is 10.5. The predicted molar refractivity (Wildman–Crippen MR) is 130 cm³/mol. The third-order valence-electron chi connectivity index (χ3n) is 4.59. The van der Waals surface area contributed by atoms with Crippen molar-refractivity contribution in [2.45, 2.75) is 13.0 Å². The highest BCUT2D eigenvalue weighted by Gasteiger charge is 2.11. The zero-order valence-electron chi connectivity index (χ0n) is 17.4. The van der Waals surface area contributed by atoms with E-state index in [9.17, 15) is 0 Å². The molecule has 3 heterocycles. The summed E-state index contributed by atoms with van der Waals surface area (Å²) in [5.41, 5.74) is 2.11. The number of aromatic amines is 2. The van der Waals surface area contributed by atoms with E-state index in [2.05, 4.69) is 47.6 Å². The fourth-order valence-electron chi connectivity index (χ4n) is 3.11. The maximum Gasteiger partial charge on any atom is 0.216 e. The molecule has 0 atom stereocenters. The molecule has 0 amide bonds. The Kier molecular flexibility index (Phi) is 7.82. The number of aliphatic imine (C=N–C) groups is 1. The van der Waals surface area contributed by atoms with Gasteiger partial charge in [0.2, 0.25) is 5.82 Å². The molecule has 4 aromatic rings. The molecule has 10 heteroatoms. The highest BCUT2D eigenvalue weighted by atomic mass is 127. The van der Waals surface area contributed by atoms with Crippen LogP contribution in [0.15, 0.2) is 64.3 Å². The van der Waals surface area contributed by atoms with Gasteiger partial charge in [0.05, 0.1) is 24.7 Å². The van der Waals surface area contributed by atoms with Gasteiger partial charge < -0.3 is 19.6 Å². The number of halogens is 1. The summed E-state index contributed by atoms with van der Waals surface area (Å²) in [6.45, 7) is 1.27. The van der Waals surface area contributed by atoms with Gasteiger partial charge in [-0.15, -0.1) is 24.0 Å². The van der Waals surface area contributed by atoms with E-state index < -0.39 is 0 Å². The molecule has 0 saturated heterocycles. The summed E-state index contributed by atoms with van der Waals surface area (Å²) in [4.78, 5) is 18.7. The molecular formula is C21H25IN8O. The van der Waals surface area contributed by atoms with Crippen LogP contribution in [0.2, 0.25) is 0 Å². The maximum absolute atomic E-state index is 5.32. The largest absolute Gasteiger partial charge is 0.461 e. The van der Waals surface area contributed by atoms with Crippen molar-refractivity contribution in [3.8, 4) is 22.8 Å². The van der Waals surface area contributed by atoms with Crippen molar-refractivity contribution in [3.05, 3.63) is 66.6 Å². The predicted octanol–water partition coefficient (Wildman–Crippen LogP) is 3.32. The second-order valence-electron chi connectivity index (χ2n) is 6.77. The quantitative estimate of drug-likeness (QED) is 0.191. The first-order valence-electron chi connectivity index (χ1n) is 9.69. The summed E-state index contributed by atoms with van der Waals surface area (Å²) < 4.78 is 5.32. The Balaban J connectivity index is 0.00000272. The summed E-state index contributed by atoms with van der Waals surface area (Å²) in [6, 6.07) is 13.8. The average Bonchev–Trinajstić information content (AvgIpc) is 3.53. The molecule has 0 radical (unpaired) electrons. The molecule has 3 N–H and O–H groups in total. The van der Waals surface area contributed by atoms with Crippen molar-refractivity contribution < 1.29 is 4.42 Å². The Labute approximate surface area is 197 Å². The number of furan rings is 1. The van der Waals surface area contributed by atoms with Crippen LogP contribution in [-0.4, -0.2) is 56.6 Å². The highest BCUT2D eigenvalue weighted by molar-refractivity contribution is 14.0. The van der Waals surface area contributed by atoms with Gasteiger partial charge in [0.1, 0.15) is 11.6 Å². The molecule has 3 aromatic heterocycles. The molecule has 0 bridgehead atoms. The van der Waals surface area contributed by atoms with Gasteiger partial charge in [-0.2, -0.15) is 5.10 Å². The van der Waals surface area contributed by atoms with E-state index in [1.54, 1.807) is 13.3 Å². The minimum absolute atomic E-state index is 0. The minimum Gasteiger partial charge on any atom is -0.461 e. The standard InChI is InChI=1S/C21H24N8O.HI/c1-22-21(23-11-10-18-26-20(28-27-18)17-9-6-12-30-17)29(2)14-19-24-13-16(25-19)15-7-4-3-5-8-15;/h3-9,12-13H,10-11,14H2,1-2H3,(H,22,23)(H,24,25)(H,26,27,28);1H. The van der Waals surface area contributed by atoms with Gasteiger partial charge in [-0.25, -0.2) is 9.97 Å². The van der Waals surface area contributed by atoms with E-state index in [1.807, 2.05) is 48.5 Å². The number of benzene rings is 1. The van der Waals surface area contributed by atoms with Crippen molar-refractivity contribution in [2.24, 2.45) is 4.99 Å². The number of hydrogen-bond donors (Lipinski definition) is 3. The van der Waals surface area contributed by atoms with Gasteiger partial charge in [-0.1, -0.05) is 30.3 Å². The minimum atomic E-state index is 0. The van der Waals surface area contributed by atoms with Gasteiger partial charge in [-0.3, -0.25) is 10.1 Å². The Morgan fingerprint density at radius 3 is 2.74 bits per heavy atom. The van der Waals surface area contributed by atoms with E-state index in [0.717, 1.165) is 28.9 Å². The Morgan fingerprint density at radius 1 is 1.16 bits per heavy atom. The number of guanidine groups is 1. The van der Waals surface area contributed by atoms with Crippen LogP contribution < -0.4 is 5.32 Å². The highest BCUT2D eigenvalue weighted by Crippen LogP contribution is 2.16. The van der Waals surface area contributed by atoms with E-state index in [0.29, 0.717) is 31.1 Å². The van der Waals surface area contributed by atoms with E-state index in [1.165, 1.54) is 0 Å². The fraction of sp³-hybridized carbons (Fsp3) is 0.238. The molecule has 0 aliphatic carbocycles. The first-order valence-corrected chi connectivity index (χ1v) is 9.69. The smallest absolute Gasteiger partial charge is 0.216 e. The molecule has 0 fully saturated rings. The van der Waals surface area contributed by atoms with Crippen LogP contribution in [-0.2, 0) is 13.0 Å². The lowest BCUT2D eigenvalue weighted by molar-refractivity contribution is 0.464. The Hall–Kier alpha value is -3.15. The molecule has 0 saturated carbocycles. The summed E-state index contributed by atoms with van der Waals surface area (Å²) >= 11 is 0. The zero-order chi connectivity index (χ0) is 20.8. The fourth-order valence-corrected chi connectivity index (χ4v) is 3.11. The molecule has 0 unspecified atom stereocenters. The van der Waals surface area contributed by atoms with E-state index >= 15 is 0 Å². The summed E-state index contributed by atoms with van der Waals surface area (Å²) in [5.74, 6) is 3.64. The van der Waals surface area contributed by atoms with Gasteiger partial charge in [0, 0.05) is 27.1 Å². The molecule has 162 valence electrons. The van der Waals surface area contributed by atoms with Crippen LogP contribution in [0.5, 0.6) is 0 Å². The maximum atomic E-state index is 5.32. The van der Waals surface area contributed by atoms with Crippen LogP contribution in [0.1, 0.15) is 11.6 Å². The van der Waals surface area contributed by atoms with Gasteiger partial charge >= 0.3 is 0 Å². The van der Waals surface area contributed by atoms with Crippen LogP contribution in [0, 0.1) is 0 Å². The number of H-pyrrole nitrogens is 2. The molecule has 4 rings (SSSR count). The van der Waals surface area contributed by atoms with Crippen LogP contribution in [0.4, 0.5) is 0 Å². The van der Waals surface area contributed by atoms with Crippen molar-refractivity contribution in [2.75, 3.05) is 20.6 Å². The first kappa shape index (κ1) is 22.5. The number of aromatic nitrogens is 5. The average molecular weight is 532 g/mol. The topological polar surface area (TPSA) is 111 Å². The first-order chi connectivity index (χ1) is 14.7. The number of imidazole rings is 1. The molecule has 0 spiro atoms. The molecule has 31 heavy (non-hydrogen) atoms. The monoisotopic (exact) mass is 532 g/mol. The molecule has 9 nitrogen and oxygen atoms in total. The zero-order valence-corrected chi connectivity index (χ0v) is 19.7. The lowest BCUT2D eigenvalue weighted by atomic mass is 10.2. The SMILES string of the molecule is CN=C(NCCc1nc(-c2ccco2)n[nH]1)N(C)Cc1ncc(-c2ccccc2)[nH]1.I. The van der Waals surface area contributed by atoms with E-state index in [4.69, 9.17) is 4.42 Å². The summed E-state index contributed by atoms with van der Waals surface area (Å²) in [7, 11) is 3.74. The van der Waals surface area contributed by atoms with Crippen LogP contribution in [0.3, 0.4) is 0 Å². The third kappa shape index (κ3) is 5.72. The van der Waals surface area contributed by atoms with Crippen molar-refractivity contribution in [1.82, 2.24) is 35.4 Å². The number of hydrogen-bond acceptors (Lipinski definition) is 5. The summed E-state index contributed by atoms with van der Waals surface area (Å²) in [6.07, 6.45) is 4.14. The lowest BCUT2D eigenvalue weighted by Crippen LogP contribution is -2.39. The second-order valence-corrected chi connectivity index (χ2v) is 6.77. The van der Waals surface area contributed by atoms with Crippen LogP contribution in [0.25, 0.3) is 22.8 Å². The number of nitrogens with one attached hydrogen (secondary N) is 3.